The molecule has 2 aromatic heterocycles. The Hall–Kier alpha value is -2.65. The highest BCUT2D eigenvalue weighted by molar-refractivity contribution is 6.39. The average molecular weight is 456 g/mol. The first-order valence-electron chi connectivity index (χ1n) is 8.74. The predicted octanol–water partition coefficient (Wildman–Crippen LogP) is 5.22. The molecular formula is C19H14Cl2F3N5O. The van der Waals surface area contributed by atoms with Crippen LogP contribution in [0.2, 0.25) is 10.0 Å². The molecule has 0 spiro atoms. The summed E-state index contributed by atoms with van der Waals surface area (Å²) in [5.41, 5.74) is -0.435. The van der Waals surface area contributed by atoms with Gasteiger partial charge >= 0.3 is 6.18 Å². The minimum Gasteiger partial charge on any atom is -0.481 e. The fourth-order valence-corrected chi connectivity index (χ4v) is 3.82. The highest BCUT2D eigenvalue weighted by Crippen LogP contribution is 2.41. The fraction of sp³-hybridized carbons (Fsp3) is 0.263. The maximum Gasteiger partial charge on any atom is 0.417 e. The van der Waals surface area contributed by atoms with E-state index in [-0.39, 0.29) is 27.9 Å². The molecule has 1 aliphatic rings. The standard InChI is InChI=1S/C19H14Cl2F3N5O/c1-8-18-26-9(2)28-29(18)12-6-4-10(19(22,23)24)15(21)14(12)17(25-8)16-11(20)5-7-13(27-16)30-3/h4-8H,1-3H3/t8-/m0/s1. The zero-order chi connectivity index (χ0) is 21.8. The van der Waals surface area contributed by atoms with E-state index in [1.165, 1.54) is 30.0 Å². The molecule has 0 amide bonds. The van der Waals surface area contributed by atoms with Gasteiger partial charge in [0, 0.05) is 11.6 Å². The second kappa shape index (κ2) is 7.24. The molecule has 4 rings (SSSR count). The number of alkyl halides is 3. The molecule has 6 nitrogen and oxygen atoms in total. The normalized spacial score (nSPS) is 15.9. The Morgan fingerprint density at radius 2 is 1.83 bits per heavy atom. The molecule has 30 heavy (non-hydrogen) atoms. The minimum atomic E-state index is -4.66. The molecule has 0 unspecified atom stereocenters. The SMILES string of the molecule is COc1ccc(Cl)c(C2=N[C@@H](C)c3nc(C)nn3-c3ccc(C(F)(F)F)c(Cl)c32)n1. The largest absolute Gasteiger partial charge is 0.481 e. The molecule has 0 N–H and O–H groups in total. The Morgan fingerprint density at radius 3 is 2.50 bits per heavy atom. The molecule has 156 valence electrons. The Kier molecular flexibility index (Phi) is 4.98. The van der Waals surface area contributed by atoms with Crippen molar-refractivity contribution in [1.29, 1.82) is 0 Å². The fourth-order valence-electron chi connectivity index (χ4n) is 3.27. The lowest BCUT2D eigenvalue weighted by Crippen LogP contribution is -2.15. The zero-order valence-electron chi connectivity index (χ0n) is 15.9. The number of benzene rings is 1. The third-order valence-electron chi connectivity index (χ3n) is 4.58. The Labute approximate surface area is 179 Å². The van der Waals surface area contributed by atoms with E-state index in [0.717, 1.165) is 6.07 Å². The van der Waals surface area contributed by atoms with Crippen LogP contribution in [-0.4, -0.2) is 32.6 Å². The van der Waals surface area contributed by atoms with Crippen molar-refractivity contribution in [1.82, 2.24) is 19.7 Å². The van der Waals surface area contributed by atoms with Crippen molar-refractivity contribution in [3.8, 4) is 11.6 Å². The number of rotatable bonds is 2. The summed E-state index contributed by atoms with van der Waals surface area (Å²) in [6, 6.07) is 4.72. The van der Waals surface area contributed by atoms with E-state index in [2.05, 4.69) is 20.1 Å². The monoisotopic (exact) mass is 455 g/mol. The molecule has 0 fully saturated rings. The van der Waals surface area contributed by atoms with Gasteiger partial charge in [0.05, 0.1) is 34.1 Å². The van der Waals surface area contributed by atoms with E-state index >= 15 is 0 Å². The van der Waals surface area contributed by atoms with Crippen LogP contribution in [0.15, 0.2) is 29.3 Å². The van der Waals surface area contributed by atoms with Crippen molar-refractivity contribution in [2.45, 2.75) is 26.1 Å². The number of hydrogen-bond acceptors (Lipinski definition) is 5. The van der Waals surface area contributed by atoms with Gasteiger partial charge in [0.2, 0.25) is 5.88 Å². The van der Waals surface area contributed by atoms with E-state index in [9.17, 15) is 13.2 Å². The number of fused-ring (bicyclic) bond motifs is 3. The smallest absolute Gasteiger partial charge is 0.417 e. The minimum absolute atomic E-state index is 0.0182. The van der Waals surface area contributed by atoms with Crippen molar-refractivity contribution in [2.24, 2.45) is 4.99 Å². The number of methoxy groups -OCH3 is 1. The molecule has 1 atom stereocenters. The van der Waals surface area contributed by atoms with Crippen LogP contribution in [0.1, 0.15) is 41.4 Å². The summed E-state index contributed by atoms with van der Waals surface area (Å²) in [7, 11) is 1.42. The van der Waals surface area contributed by atoms with Gasteiger partial charge in [-0.3, -0.25) is 4.99 Å². The number of pyridine rings is 1. The van der Waals surface area contributed by atoms with Gasteiger partial charge in [-0.05, 0) is 32.0 Å². The number of hydrogen-bond donors (Lipinski definition) is 0. The van der Waals surface area contributed by atoms with E-state index in [4.69, 9.17) is 27.9 Å². The lowest BCUT2D eigenvalue weighted by Gasteiger charge is -2.17. The number of aromatic nitrogens is 4. The highest BCUT2D eigenvalue weighted by atomic mass is 35.5. The van der Waals surface area contributed by atoms with Crippen LogP contribution in [-0.2, 0) is 6.18 Å². The Bertz CT molecular complexity index is 1190. The average Bonchev–Trinajstić information content (AvgIpc) is 3.02. The van der Waals surface area contributed by atoms with Gasteiger partial charge in [-0.2, -0.15) is 18.3 Å². The Balaban J connectivity index is 2.10. The van der Waals surface area contributed by atoms with Crippen LogP contribution in [0, 0.1) is 6.92 Å². The van der Waals surface area contributed by atoms with E-state index < -0.39 is 22.8 Å². The predicted molar refractivity (Wildman–Crippen MR) is 106 cm³/mol. The molecule has 0 saturated heterocycles. The Morgan fingerprint density at radius 1 is 1.10 bits per heavy atom. The van der Waals surface area contributed by atoms with Crippen LogP contribution < -0.4 is 4.74 Å². The third-order valence-corrected chi connectivity index (χ3v) is 5.28. The molecular weight excluding hydrogens is 442 g/mol. The molecule has 0 bridgehead atoms. The molecule has 0 aliphatic carbocycles. The summed E-state index contributed by atoms with van der Waals surface area (Å²) < 4.78 is 47.4. The van der Waals surface area contributed by atoms with Gasteiger partial charge in [-0.15, -0.1) is 0 Å². The quantitative estimate of drug-likeness (QED) is 0.531. The molecule has 1 aliphatic heterocycles. The van der Waals surface area contributed by atoms with Crippen LogP contribution >= 0.6 is 23.2 Å². The maximum absolute atomic E-state index is 13.6. The van der Waals surface area contributed by atoms with Crippen molar-refractivity contribution in [3.05, 3.63) is 62.8 Å². The second-order valence-corrected chi connectivity index (χ2v) is 7.37. The zero-order valence-corrected chi connectivity index (χ0v) is 17.4. The first-order valence-corrected chi connectivity index (χ1v) is 9.50. The van der Waals surface area contributed by atoms with Crippen LogP contribution in [0.4, 0.5) is 13.2 Å². The highest BCUT2D eigenvalue weighted by Gasteiger charge is 2.38. The van der Waals surface area contributed by atoms with Gasteiger partial charge in [0.15, 0.2) is 5.82 Å². The first kappa shape index (κ1) is 20.6. The summed E-state index contributed by atoms with van der Waals surface area (Å²) >= 11 is 12.7. The van der Waals surface area contributed by atoms with E-state index in [0.29, 0.717) is 17.3 Å². The van der Waals surface area contributed by atoms with Crippen LogP contribution in [0.3, 0.4) is 0 Å². The van der Waals surface area contributed by atoms with Crippen LogP contribution in [0.25, 0.3) is 5.69 Å². The number of ether oxygens (including phenoxy) is 1. The molecule has 3 heterocycles. The molecule has 1 aromatic carbocycles. The summed E-state index contributed by atoms with van der Waals surface area (Å²) in [5, 5.41) is 4.00. The summed E-state index contributed by atoms with van der Waals surface area (Å²) in [6.45, 7) is 3.43. The summed E-state index contributed by atoms with van der Waals surface area (Å²) in [6.07, 6.45) is -4.66. The van der Waals surface area contributed by atoms with E-state index in [1.807, 2.05) is 0 Å². The van der Waals surface area contributed by atoms with E-state index in [1.54, 1.807) is 13.8 Å². The van der Waals surface area contributed by atoms with Gasteiger partial charge in [0.1, 0.15) is 17.6 Å². The second-order valence-electron chi connectivity index (χ2n) is 6.59. The maximum atomic E-state index is 13.6. The number of aryl methyl sites for hydroxylation is 1. The summed E-state index contributed by atoms with van der Waals surface area (Å²) in [5.74, 6) is 1.14. The van der Waals surface area contributed by atoms with Gasteiger partial charge in [-0.1, -0.05) is 23.2 Å². The number of aliphatic imine (C=N–C) groups is 1. The first-order chi connectivity index (χ1) is 14.1. The lowest BCUT2D eigenvalue weighted by atomic mass is 10.0. The molecule has 0 radical (unpaired) electrons. The van der Waals surface area contributed by atoms with Gasteiger partial charge in [0.25, 0.3) is 0 Å². The van der Waals surface area contributed by atoms with Crippen molar-refractivity contribution < 1.29 is 17.9 Å². The molecule has 0 saturated carbocycles. The lowest BCUT2D eigenvalue weighted by molar-refractivity contribution is -0.137. The molecule has 11 heteroatoms. The van der Waals surface area contributed by atoms with Gasteiger partial charge < -0.3 is 4.74 Å². The van der Waals surface area contributed by atoms with Crippen molar-refractivity contribution in [3.63, 3.8) is 0 Å². The van der Waals surface area contributed by atoms with Gasteiger partial charge in [-0.25, -0.2) is 14.6 Å². The van der Waals surface area contributed by atoms with Crippen molar-refractivity contribution in [2.75, 3.05) is 7.11 Å². The van der Waals surface area contributed by atoms with Crippen LogP contribution in [0.5, 0.6) is 5.88 Å². The number of halogens is 5. The summed E-state index contributed by atoms with van der Waals surface area (Å²) in [4.78, 5) is 13.3. The van der Waals surface area contributed by atoms with Crippen molar-refractivity contribution >= 4 is 28.9 Å². The third kappa shape index (κ3) is 3.31. The topological polar surface area (TPSA) is 65.2 Å². The number of nitrogens with zero attached hydrogens (tertiary/aromatic N) is 5. The molecule has 3 aromatic rings.